The van der Waals surface area contributed by atoms with Gasteiger partial charge in [0.05, 0.1) is 18.1 Å². The first-order valence-electron chi connectivity index (χ1n) is 8.24. The molecule has 0 aromatic heterocycles. The van der Waals surface area contributed by atoms with Crippen molar-refractivity contribution in [3.8, 4) is 0 Å². The van der Waals surface area contributed by atoms with E-state index < -0.39 is 27.4 Å². The molecule has 0 spiro atoms. The summed E-state index contributed by atoms with van der Waals surface area (Å²) in [5.74, 6) is -2.48. The lowest BCUT2D eigenvalue weighted by atomic mass is 10.1. The Labute approximate surface area is 155 Å². The monoisotopic (exact) mass is 393 g/mol. The standard InChI is InChI=1S/C19H17F2NO4S/c20-17-3-1-2-15(19(17)21)6-9-18(23)14-4-7-16(8-5-14)27(24,25)22-10-12-26-13-11-22/h1-9H,10-13H2. The fraction of sp³-hybridized carbons (Fsp3) is 0.211. The van der Waals surface area contributed by atoms with Crippen LogP contribution < -0.4 is 0 Å². The molecule has 0 aliphatic carbocycles. The summed E-state index contributed by atoms with van der Waals surface area (Å²) in [7, 11) is -3.64. The maximum Gasteiger partial charge on any atom is 0.243 e. The molecule has 0 unspecified atom stereocenters. The largest absolute Gasteiger partial charge is 0.379 e. The lowest BCUT2D eigenvalue weighted by molar-refractivity contribution is 0.0730. The fourth-order valence-electron chi connectivity index (χ4n) is 2.64. The van der Waals surface area contributed by atoms with E-state index >= 15 is 0 Å². The van der Waals surface area contributed by atoms with Crippen LogP contribution in [-0.2, 0) is 14.8 Å². The molecule has 0 N–H and O–H groups in total. The number of ether oxygens (including phenoxy) is 1. The van der Waals surface area contributed by atoms with Crippen molar-refractivity contribution in [2.24, 2.45) is 0 Å². The predicted molar refractivity (Wildman–Crippen MR) is 95.7 cm³/mol. The molecule has 0 bridgehead atoms. The molecule has 8 heteroatoms. The van der Waals surface area contributed by atoms with Crippen molar-refractivity contribution in [1.29, 1.82) is 0 Å². The SMILES string of the molecule is O=C(C=Cc1cccc(F)c1F)c1ccc(S(=O)(=O)N2CCOCC2)cc1. The number of rotatable bonds is 5. The highest BCUT2D eigenvalue weighted by Crippen LogP contribution is 2.18. The van der Waals surface area contributed by atoms with Gasteiger partial charge in [-0.3, -0.25) is 4.79 Å². The van der Waals surface area contributed by atoms with Crippen LogP contribution >= 0.6 is 0 Å². The van der Waals surface area contributed by atoms with Crippen molar-refractivity contribution in [1.82, 2.24) is 4.31 Å². The van der Waals surface area contributed by atoms with E-state index in [1.807, 2.05) is 0 Å². The Morgan fingerprint density at radius 2 is 1.70 bits per heavy atom. The number of ketones is 1. The van der Waals surface area contributed by atoms with Crippen molar-refractivity contribution in [2.45, 2.75) is 4.90 Å². The van der Waals surface area contributed by atoms with E-state index in [9.17, 15) is 22.0 Å². The first-order chi connectivity index (χ1) is 12.9. The average Bonchev–Trinajstić information content (AvgIpc) is 2.69. The third-order valence-electron chi connectivity index (χ3n) is 4.14. The van der Waals surface area contributed by atoms with Crippen molar-refractivity contribution < 1.29 is 26.7 Å². The topological polar surface area (TPSA) is 63.7 Å². The van der Waals surface area contributed by atoms with E-state index in [0.29, 0.717) is 13.2 Å². The van der Waals surface area contributed by atoms with Crippen LogP contribution in [0.15, 0.2) is 53.4 Å². The molecule has 0 atom stereocenters. The maximum atomic E-state index is 13.6. The van der Waals surface area contributed by atoms with Gasteiger partial charge in [-0.25, -0.2) is 17.2 Å². The Kier molecular flexibility index (Phi) is 5.79. The lowest BCUT2D eigenvalue weighted by Crippen LogP contribution is -2.40. The van der Waals surface area contributed by atoms with E-state index in [2.05, 4.69) is 0 Å². The number of hydrogen-bond acceptors (Lipinski definition) is 4. The third-order valence-corrected chi connectivity index (χ3v) is 6.06. The Bertz CT molecular complexity index is 966. The molecule has 5 nitrogen and oxygen atoms in total. The number of sulfonamides is 1. The van der Waals surface area contributed by atoms with Gasteiger partial charge in [-0.15, -0.1) is 0 Å². The van der Waals surface area contributed by atoms with Crippen LogP contribution in [0, 0.1) is 11.6 Å². The molecule has 2 aromatic carbocycles. The van der Waals surface area contributed by atoms with Gasteiger partial charge >= 0.3 is 0 Å². The Morgan fingerprint density at radius 3 is 2.37 bits per heavy atom. The summed E-state index contributed by atoms with van der Waals surface area (Å²) < 4.78 is 58.3. The van der Waals surface area contributed by atoms with Gasteiger partial charge in [0, 0.05) is 24.2 Å². The zero-order valence-electron chi connectivity index (χ0n) is 14.3. The minimum absolute atomic E-state index is 0.0464. The Balaban J connectivity index is 1.75. The summed E-state index contributed by atoms with van der Waals surface area (Å²) in [5.41, 5.74) is 0.193. The maximum absolute atomic E-state index is 13.6. The van der Waals surface area contributed by atoms with Crippen LogP contribution in [0.5, 0.6) is 0 Å². The normalized spacial score (nSPS) is 15.9. The van der Waals surface area contributed by atoms with Crippen molar-refractivity contribution in [3.05, 3.63) is 71.3 Å². The van der Waals surface area contributed by atoms with Gasteiger partial charge in [-0.05, 0) is 42.5 Å². The van der Waals surface area contributed by atoms with Crippen molar-refractivity contribution in [3.63, 3.8) is 0 Å². The number of allylic oxidation sites excluding steroid dienone is 1. The molecule has 2 aromatic rings. The van der Waals surface area contributed by atoms with Crippen molar-refractivity contribution in [2.75, 3.05) is 26.3 Å². The van der Waals surface area contributed by atoms with Crippen molar-refractivity contribution >= 4 is 21.9 Å². The second-order valence-electron chi connectivity index (χ2n) is 5.88. The van der Waals surface area contributed by atoms with Gasteiger partial charge in [0.25, 0.3) is 0 Å². The summed E-state index contributed by atoms with van der Waals surface area (Å²) in [6.45, 7) is 1.25. The quantitative estimate of drug-likeness (QED) is 0.579. The highest BCUT2D eigenvalue weighted by Gasteiger charge is 2.26. The summed E-state index contributed by atoms with van der Waals surface area (Å²) in [6.07, 6.45) is 2.29. The second kappa shape index (κ2) is 8.08. The van der Waals surface area contributed by atoms with Crippen LogP contribution in [0.3, 0.4) is 0 Å². The second-order valence-corrected chi connectivity index (χ2v) is 7.82. The summed E-state index contributed by atoms with van der Waals surface area (Å²) in [6, 6.07) is 9.17. The Hall–Kier alpha value is -2.42. The number of benzene rings is 2. The highest BCUT2D eigenvalue weighted by molar-refractivity contribution is 7.89. The summed E-state index contributed by atoms with van der Waals surface area (Å²) >= 11 is 0. The number of nitrogens with zero attached hydrogens (tertiary/aromatic N) is 1. The molecule has 0 amide bonds. The Morgan fingerprint density at radius 1 is 1.04 bits per heavy atom. The molecule has 3 rings (SSSR count). The van der Waals surface area contributed by atoms with Crippen LogP contribution in [0.2, 0.25) is 0 Å². The van der Waals surface area contributed by atoms with Gasteiger partial charge in [0.2, 0.25) is 10.0 Å². The smallest absolute Gasteiger partial charge is 0.243 e. The third kappa shape index (κ3) is 4.29. The fourth-order valence-corrected chi connectivity index (χ4v) is 4.05. The van der Waals surface area contributed by atoms with Gasteiger partial charge in [0.15, 0.2) is 17.4 Å². The van der Waals surface area contributed by atoms with Crippen LogP contribution in [0.1, 0.15) is 15.9 Å². The van der Waals surface area contributed by atoms with Crippen LogP contribution in [-0.4, -0.2) is 44.8 Å². The number of carbonyl (C=O) groups is 1. The number of carbonyl (C=O) groups excluding carboxylic acids is 1. The summed E-state index contributed by atoms with van der Waals surface area (Å²) in [4.78, 5) is 12.3. The van der Waals surface area contributed by atoms with Gasteiger partial charge < -0.3 is 4.74 Å². The highest BCUT2D eigenvalue weighted by atomic mass is 32.2. The molecular formula is C19H17F2NO4S. The average molecular weight is 393 g/mol. The molecule has 27 heavy (non-hydrogen) atoms. The first kappa shape index (κ1) is 19.3. The van der Waals surface area contributed by atoms with E-state index in [4.69, 9.17) is 4.74 Å². The molecule has 1 saturated heterocycles. The van der Waals surface area contributed by atoms with E-state index in [0.717, 1.165) is 12.1 Å². The molecule has 0 radical (unpaired) electrons. The number of hydrogen-bond donors (Lipinski definition) is 0. The lowest BCUT2D eigenvalue weighted by Gasteiger charge is -2.26. The van der Waals surface area contributed by atoms with E-state index in [1.165, 1.54) is 46.8 Å². The molecule has 1 fully saturated rings. The minimum Gasteiger partial charge on any atom is -0.379 e. The van der Waals surface area contributed by atoms with E-state index in [-0.39, 0.29) is 29.1 Å². The predicted octanol–water partition coefficient (Wildman–Crippen LogP) is 2.88. The molecule has 142 valence electrons. The molecular weight excluding hydrogens is 376 g/mol. The molecule has 1 heterocycles. The van der Waals surface area contributed by atoms with Crippen LogP contribution in [0.4, 0.5) is 8.78 Å². The van der Waals surface area contributed by atoms with Gasteiger partial charge in [-0.1, -0.05) is 12.1 Å². The zero-order chi connectivity index (χ0) is 19.4. The van der Waals surface area contributed by atoms with Crippen LogP contribution in [0.25, 0.3) is 6.08 Å². The number of morpholine rings is 1. The summed E-state index contributed by atoms with van der Waals surface area (Å²) in [5, 5.41) is 0. The van der Waals surface area contributed by atoms with Gasteiger partial charge in [-0.2, -0.15) is 4.31 Å². The number of halogens is 2. The molecule has 1 aliphatic rings. The first-order valence-corrected chi connectivity index (χ1v) is 9.68. The van der Waals surface area contributed by atoms with Gasteiger partial charge in [0.1, 0.15) is 0 Å². The minimum atomic E-state index is -3.64. The molecule has 1 aliphatic heterocycles. The zero-order valence-corrected chi connectivity index (χ0v) is 15.1. The van der Waals surface area contributed by atoms with E-state index in [1.54, 1.807) is 0 Å². The molecule has 0 saturated carbocycles.